The summed E-state index contributed by atoms with van der Waals surface area (Å²) in [7, 11) is 4.83. The molecule has 2 N–H and O–H groups in total. The molecule has 0 heterocycles. The lowest BCUT2D eigenvalue weighted by atomic mass is 9.54. The van der Waals surface area contributed by atoms with E-state index in [1.54, 1.807) is 14.2 Å². The molecular formula is C29H42ClNO5. The number of aliphatic carboxylic acids is 1. The smallest absolute Gasteiger partial charge is 0.333 e. The molecule has 0 aromatic heterocycles. The average Bonchev–Trinajstić information content (AvgIpc) is 2.86. The molecule has 3 atom stereocenters. The monoisotopic (exact) mass is 519 g/mol. The second-order valence-electron chi connectivity index (χ2n) is 9.77. The lowest BCUT2D eigenvalue weighted by Gasteiger charge is -2.51. The van der Waals surface area contributed by atoms with Crippen molar-refractivity contribution in [3.05, 3.63) is 59.2 Å². The molecule has 2 aromatic rings. The molecule has 0 fully saturated rings. The van der Waals surface area contributed by atoms with Crippen LogP contribution in [0.3, 0.4) is 0 Å². The maximum Gasteiger partial charge on any atom is 0.333 e. The Balaban J connectivity index is 0.00000456. The second-order valence-corrected chi connectivity index (χ2v) is 9.77. The summed E-state index contributed by atoms with van der Waals surface area (Å²) in [6.07, 6.45) is 3.94. The predicted octanol–water partition coefficient (Wildman–Crippen LogP) is 5.29. The van der Waals surface area contributed by atoms with Crippen LogP contribution in [0, 0.1) is 11.8 Å². The summed E-state index contributed by atoms with van der Waals surface area (Å²) in [5.41, 5.74) is 3.06. The van der Waals surface area contributed by atoms with Crippen LogP contribution in [-0.2, 0) is 27.8 Å². The molecule has 3 rings (SSSR count). The molecule has 0 bridgehead atoms. The Bertz CT molecular complexity index is 982. The third-order valence-corrected chi connectivity index (χ3v) is 7.71. The lowest BCUT2D eigenvalue weighted by Crippen LogP contribution is -2.56. The van der Waals surface area contributed by atoms with Crippen molar-refractivity contribution < 1.29 is 24.1 Å². The molecule has 0 saturated heterocycles. The van der Waals surface area contributed by atoms with E-state index < -0.39 is 17.5 Å². The quantitative estimate of drug-likeness (QED) is 0.350. The third-order valence-electron chi connectivity index (χ3n) is 7.71. The fraction of sp³-hybridized carbons (Fsp3) is 0.552. The normalized spacial score (nSPS) is 19.8. The molecule has 0 aliphatic heterocycles. The van der Waals surface area contributed by atoms with Gasteiger partial charge in [0.05, 0.1) is 14.2 Å². The number of halogens is 1. The number of aryl methyl sites for hydroxylation is 2. The van der Waals surface area contributed by atoms with E-state index in [1.165, 1.54) is 18.2 Å². The highest BCUT2D eigenvalue weighted by Gasteiger charge is 2.54. The van der Waals surface area contributed by atoms with E-state index in [2.05, 4.69) is 37.4 Å². The highest BCUT2D eigenvalue weighted by molar-refractivity contribution is 5.85. The summed E-state index contributed by atoms with van der Waals surface area (Å²) in [5, 5.41) is 13.7. The number of fused-ring (bicyclic) bond motifs is 1. The average molecular weight is 520 g/mol. The molecule has 36 heavy (non-hydrogen) atoms. The molecule has 6 nitrogen and oxygen atoms in total. The van der Waals surface area contributed by atoms with Crippen molar-refractivity contribution in [3.8, 4) is 11.5 Å². The molecule has 0 spiro atoms. The standard InChI is InChI=1S/C29H41NO5.ClH/c1-20(2)29(27(35-5)28(31)32)23(14-13-22-10-6-7-11-24(22)29)16-18-30-17-8-9-21-12-15-25(33-3)26(19-21)34-4;/h6-7,10-12,15,19-20,23,27,30H,8-9,13-14,16-18H2,1-5H3,(H,31,32);1H. The Hall–Kier alpha value is -2.28. The first-order valence-electron chi connectivity index (χ1n) is 12.7. The number of carboxylic acids is 1. The van der Waals surface area contributed by atoms with Crippen LogP contribution in [0.15, 0.2) is 42.5 Å². The minimum Gasteiger partial charge on any atom is -0.493 e. The molecule has 0 saturated carbocycles. The molecule has 1 aliphatic rings. The Labute approximate surface area is 222 Å². The molecule has 2 aromatic carbocycles. The second kappa shape index (κ2) is 13.9. The molecule has 1 aliphatic carbocycles. The molecular weight excluding hydrogens is 478 g/mol. The van der Waals surface area contributed by atoms with Crippen molar-refractivity contribution in [2.75, 3.05) is 34.4 Å². The van der Waals surface area contributed by atoms with Crippen LogP contribution in [-0.4, -0.2) is 51.6 Å². The van der Waals surface area contributed by atoms with Crippen LogP contribution in [0.1, 0.15) is 49.8 Å². The number of carbonyl (C=O) groups is 1. The summed E-state index contributed by atoms with van der Waals surface area (Å²) in [6.45, 7) is 6.03. The number of hydrogen-bond donors (Lipinski definition) is 2. The van der Waals surface area contributed by atoms with E-state index in [4.69, 9.17) is 14.2 Å². The first kappa shape index (κ1) is 29.9. The molecule has 7 heteroatoms. The van der Waals surface area contributed by atoms with E-state index in [0.29, 0.717) is 0 Å². The van der Waals surface area contributed by atoms with Gasteiger partial charge in [-0.25, -0.2) is 4.79 Å². The van der Waals surface area contributed by atoms with Gasteiger partial charge in [-0.3, -0.25) is 0 Å². The van der Waals surface area contributed by atoms with E-state index in [-0.39, 0.29) is 24.2 Å². The number of benzene rings is 2. The summed E-state index contributed by atoms with van der Waals surface area (Å²) in [5.74, 6) is 0.960. The van der Waals surface area contributed by atoms with Crippen LogP contribution < -0.4 is 14.8 Å². The lowest BCUT2D eigenvalue weighted by molar-refractivity contribution is -0.158. The Morgan fingerprint density at radius 2 is 1.81 bits per heavy atom. The third kappa shape index (κ3) is 6.16. The van der Waals surface area contributed by atoms with E-state index >= 15 is 0 Å². The van der Waals surface area contributed by atoms with Crippen LogP contribution in [0.25, 0.3) is 0 Å². The van der Waals surface area contributed by atoms with Gasteiger partial charge in [0.15, 0.2) is 17.6 Å². The zero-order chi connectivity index (χ0) is 25.4. The first-order valence-corrected chi connectivity index (χ1v) is 12.7. The minimum absolute atomic E-state index is 0. The summed E-state index contributed by atoms with van der Waals surface area (Å²) in [4.78, 5) is 12.4. The largest absolute Gasteiger partial charge is 0.493 e. The van der Waals surface area contributed by atoms with Crippen LogP contribution in [0.2, 0.25) is 0 Å². The Morgan fingerprint density at radius 1 is 1.08 bits per heavy atom. The maximum absolute atomic E-state index is 12.4. The predicted molar refractivity (Wildman–Crippen MR) is 146 cm³/mol. The molecule has 3 unspecified atom stereocenters. The van der Waals surface area contributed by atoms with Gasteiger partial charge in [0, 0.05) is 12.5 Å². The maximum atomic E-state index is 12.4. The number of carboxylic acid groups (broad SMARTS) is 1. The highest BCUT2D eigenvalue weighted by atomic mass is 35.5. The summed E-state index contributed by atoms with van der Waals surface area (Å²) < 4.78 is 16.4. The number of methoxy groups -OCH3 is 3. The van der Waals surface area contributed by atoms with Gasteiger partial charge in [-0.2, -0.15) is 0 Å². The minimum atomic E-state index is -0.884. The van der Waals surface area contributed by atoms with E-state index in [0.717, 1.165) is 62.3 Å². The van der Waals surface area contributed by atoms with Crippen molar-refractivity contribution in [3.63, 3.8) is 0 Å². The number of ether oxygens (including phenoxy) is 3. The van der Waals surface area contributed by atoms with Crippen LogP contribution in [0.5, 0.6) is 11.5 Å². The molecule has 0 radical (unpaired) electrons. The van der Waals surface area contributed by atoms with Crippen molar-refractivity contribution in [2.45, 2.75) is 57.5 Å². The summed E-state index contributed by atoms with van der Waals surface area (Å²) >= 11 is 0. The van der Waals surface area contributed by atoms with Gasteiger partial charge in [0.2, 0.25) is 0 Å². The van der Waals surface area contributed by atoms with Gasteiger partial charge < -0.3 is 24.6 Å². The number of hydrogen-bond acceptors (Lipinski definition) is 5. The van der Waals surface area contributed by atoms with Crippen molar-refractivity contribution in [1.82, 2.24) is 5.32 Å². The van der Waals surface area contributed by atoms with Crippen molar-refractivity contribution >= 4 is 18.4 Å². The fourth-order valence-corrected chi connectivity index (χ4v) is 6.13. The van der Waals surface area contributed by atoms with Crippen molar-refractivity contribution in [1.29, 1.82) is 0 Å². The number of rotatable bonds is 13. The van der Waals surface area contributed by atoms with Gasteiger partial charge >= 0.3 is 5.97 Å². The topological polar surface area (TPSA) is 77.0 Å². The van der Waals surface area contributed by atoms with Gasteiger partial charge in [-0.1, -0.05) is 44.2 Å². The SMILES string of the molecule is COc1ccc(CCCNCCC2CCc3ccccc3C2(C(C)C)C(OC)C(=O)O)cc1OC.Cl. The highest BCUT2D eigenvalue weighted by Crippen LogP contribution is 2.51. The zero-order valence-corrected chi connectivity index (χ0v) is 23.0. The zero-order valence-electron chi connectivity index (χ0n) is 22.2. The Morgan fingerprint density at radius 3 is 2.44 bits per heavy atom. The van der Waals surface area contributed by atoms with Crippen molar-refractivity contribution in [2.24, 2.45) is 11.8 Å². The van der Waals surface area contributed by atoms with Gasteiger partial charge in [-0.15, -0.1) is 12.4 Å². The Kier molecular flexibility index (Phi) is 11.5. The summed E-state index contributed by atoms with van der Waals surface area (Å²) in [6, 6.07) is 14.4. The first-order chi connectivity index (χ1) is 16.9. The van der Waals surface area contributed by atoms with E-state index in [1.807, 2.05) is 24.3 Å². The van der Waals surface area contributed by atoms with Gasteiger partial charge in [-0.05, 0) is 85.9 Å². The van der Waals surface area contributed by atoms with Crippen LogP contribution >= 0.6 is 12.4 Å². The fourth-order valence-electron chi connectivity index (χ4n) is 6.13. The van der Waals surface area contributed by atoms with E-state index in [9.17, 15) is 9.90 Å². The molecule has 0 amide bonds. The van der Waals surface area contributed by atoms with Crippen LogP contribution in [0.4, 0.5) is 0 Å². The number of nitrogens with one attached hydrogen (secondary N) is 1. The molecule has 200 valence electrons. The van der Waals surface area contributed by atoms with Gasteiger partial charge in [0.1, 0.15) is 0 Å². The van der Waals surface area contributed by atoms with Gasteiger partial charge in [0.25, 0.3) is 0 Å².